The van der Waals surface area contributed by atoms with Gasteiger partial charge in [0, 0.05) is 17.0 Å². The number of carboxylic acid groups (broad SMARTS) is 1. The Bertz CT molecular complexity index is 475. The van der Waals surface area contributed by atoms with E-state index >= 15 is 0 Å². The summed E-state index contributed by atoms with van der Waals surface area (Å²) in [7, 11) is 0. The normalized spacial score (nSPS) is 10.9. The monoisotopic (exact) mass is 282 g/mol. The lowest BCUT2D eigenvalue weighted by atomic mass is 10.2. The van der Waals surface area contributed by atoms with Crippen LogP contribution in [0.3, 0.4) is 0 Å². The fraction of sp³-hybridized carbons (Fsp3) is 0.385. The average molecular weight is 282 g/mol. The van der Waals surface area contributed by atoms with Crippen molar-refractivity contribution in [3.63, 3.8) is 0 Å². The zero-order chi connectivity index (χ0) is 14.5. The largest absolute Gasteiger partial charge is 0.478 e. The highest BCUT2D eigenvalue weighted by Crippen LogP contribution is 2.19. The van der Waals surface area contributed by atoms with Crippen molar-refractivity contribution < 1.29 is 14.7 Å². The number of anilines is 1. The molecule has 1 rings (SSSR count). The Morgan fingerprint density at radius 1 is 1.37 bits per heavy atom. The minimum atomic E-state index is -1.02. The second-order valence-electron chi connectivity index (χ2n) is 4.66. The third-order valence-electron chi connectivity index (χ3n) is 2.59. The van der Waals surface area contributed by atoms with Crippen LogP contribution in [0.1, 0.15) is 24.2 Å². The number of benzene rings is 1. The molecule has 0 saturated carbocycles. The molecule has 104 valence electrons. The van der Waals surface area contributed by atoms with Crippen molar-refractivity contribution in [2.45, 2.75) is 18.6 Å². The second kappa shape index (κ2) is 6.47. The molecule has 1 aromatic rings. The topological polar surface area (TPSA) is 78.4 Å². The zero-order valence-electron chi connectivity index (χ0n) is 11.2. The summed E-state index contributed by atoms with van der Waals surface area (Å²) >= 11 is 1.66. The van der Waals surface area contributed by atoms with Gasteiger partial charge in [-0.05, 0) is 38.3 Å². The Balaban J connectivity index is 2.58. The molecule has 2 amide bonds. The summed E-state index contributed by atoms with van der Waals surface area (Å²) in [4.78, 5) is 22.5. The molecule has 0 spiro atoms. The minimum absolute atomic E-state index is 0.0414. The fourth-order valence-electron chi connectivity index (χ4n) is 1.27. The number of carboxylic acids is 1. The van der Waals surface area contributed by atoms with Crippen LogP contribution in [-0.4, -0.2) is 34.7 Å². The van der Waals surface area contributed by atoms with Crippen molar-refractivity contribution >= 4 is 29.4 Å². The maximum Gasteiger partial charge on any atom is 0.335 e. The smallest absolute Gasteiger partial charge is 0.335 e. The predicted octanol–water partition coefficient (Wildman–Crippen LogP) is 2.65. The van der Waals surface area contributed by atoms with Crippen LogP contribution in [0.15, 0.2) is 24.3 Å². The van der Waals surface area contributed by atoms with Crippen LogP contribution in [0.2, 0.25) is 0 Å². The average Bonchev–Trinajstić information content (AvgIpc) is 2.37. The molecule has 0 heterocycles. The summed E-state index contributed by atoms with van der Waals surface area (Å²) in [5.41, 5.74) is 0.599. The summed E-state index contributed by atoms with van der Waals surface area (Å²) in [6.07, 6.45) is 1.98. The highest BCUT2D eigenvalue weighted by molar-refractivity contribution is 7.99. The highest BCUT2D eigenvalue weighted by Gasteiger charge is 2.16. The molecule has 0 aliphatic rings. The second-order valence-corrected chi connectivity index (χ2v) is 6.17. The van der Waals surface area contributed by atoms with Gasteiger partial charge >= 0.3 is 12.0 Å². The van der Waals surface area contributed by atoms with Crippen molar-refractivity contribution in [1.29, 1.82) is 0 Å². The molecule has 0 aliphatic heterocycles. The molecule has 19 heavy (non-hydrogen) atoms. The summed E-state index contributed by atoms with van der Waals surface area (Å²) in [6, 6.07) is 5.78. The van der Waals surface area contributed by atoms with E-state index in [0.717, 1.165) is 0 Å². The van der Waals surface area contributed by atoms with E-state index < -0.39 is 5.97 Å². The number of nitrogens with one attached hydrogen (secondary N) is 2. The third-order valence-corrected chi connectivity index (χ3v) is 3.84. The lowest BCUT2D eigenvalue weighted by Crippen LogP contribution is -2.38. The number of urea groups is 1. The first-order valence-corrected chi connectivity index (χ1v) is 7.00. The van der Waals surface area contributed by atoms with E-state index in [2.05, 4.69) is 10.6 Å². The van der Waals surface area contributed by atoms with Gasteiger partial charge in [0.15, 0.2) is 0 Å². The van der Waals surface area contributed by atoms with Crippen LogP contribution in [0.4, 0.5) is 10.5 Å². The Labute approximate surface area is 116 Å². The van der Waals surface area contributed by atoms with Crippen molar-refractivity contribution in [3.8, 4) is 0 Å². The number of carbonyl (C=O) groups is 2. The molecule has 1 aromatic carbocycles. The van der Waals surface area contributed by atoms with Crippen molar-refractivity contribution in [1.82, 2.24) is 5.32 Å². The predicted molar refractivity (Wildman–Crippen MR) is 78.0 cm³/mol. The highest BCUT2D eigenvalue weighted by atomic mass is 32.2. The van der Waals surface area contributed by atoms with Gasteiger partial charge < -0.3 is 15.7 Å². The van der Waals surface area contributed by atoms with E-state index in [-0.39, 0.29) is 16.3 Å². The molecule has 0 saturated heterocycles. The molecule has 3 N–H and O–H groups in total. The first kappa shape index (κ1) is 15.4. The number of hydrogen-bond acceptors (Lipinski definition) is 3. The molecule has 5 nitrogen and oxygen atoms in total. The van der Waals surface area contributed by atoms with Gasteiger partial charge in [0.1, 0.15) is 0 Å². The summed E-state index contributed by atoms with van der Waals surface area (Å²) < 4.78 is -0.0414. The maximum absolute atomic E-state index is 11.7. The van der Waals surface area contributed by atoms with Gasteiger partial charge in [-0.15, -0.1) is 0 Å². The van der Waals surface area contributed by atoms with E-state index in [4.69, 9.17) is 5.11 Å². The molecule has 0 fully saturated rings. The first-order valence-electron chi connectivity index (χ1n) is 5.77. The Hall–Kier alpha value is -1.69. The van der Waals surface area contributed by atoms with Gasteiger partial charge in [-0.1, -0.05) is 6.07 Å². The SMILES string of the molecule is CSC(C)(C)CNC(=O)Nc1cccc(C(=O)O)c1. The lowest BCUT2D eigenvalue weighted by molar-refractivity contribution is 0.0697. The maximum atomic E-state index is 11.7. The summed E-state index contributed by atoms with van der Waals surface area (Å²) in [5, 5.41) is 14.2. The van der Waals surface area contributed by atoms with Crippen LogP contribution in [0.5, 0.6) is 0 Å². The lowest BCUT2D eigenvalue weighted by Gasteiger charge is -2.22. The van der Waals surface area contributed by atoms with Crippen LogP contribution < -0.4 is 10.6 Å². The van der Waals surface area contributed by atoms with E-state index in [9.17, 15) is 9.59 Å². The number of carbonyl (C=O) groups excluding carboxylic acids is 1. The Kier molecular flexibility index (Phi) is 5.23. The van der Waals surface area contributed by atoms with E-state index in [1.165, 1.54) is 12.1 Å². The molecular formula is C13H18N2O3S. The third kappa shape index (κ3) is 5.21. The van der Waals surface area contributed by atoms with Crippen molar-refractivity contribution in [2.75, 3.05) is 18.1 Å². The van der Waals surface area contributed by atoms with E-state index in [1.807, 2.05) is 20.1 Å². The molecule has 0 radical (unpaired) electrons. The first-order chi connectivity index (χ1) is 8.84. The molecule has 0 bridgehead atoms. The molecule has 6 heteroatoms. The van der Waals surface area contributed by atoms with Crippen LogP contribution in [0.25, 0.3) is 0 Å². The number of thioether (sulfide) groups is 1. The van der Waals surface area contributed by atoms with E-state index in [1.54, 1.807) is 23.9 Å². The van der Waals surface area contributed by atoms with Crippen LogP contribution in [-0.2, 0) is 0 Å². The quantitative estimate of drug-likeness (QED) is 0.775. The zero-order valence-corrected chi connectivity index (χ0v) is 12.0. The summed E-state index contributed by atoms with van der Waals surface area (Å²) in [5.74, 6) is -1.02. The van der Waals surface area contributed by atoms with Gasteiger partial charge in [-0.3, -0.25) is 0 Å². The van der Waals surface area contributed by atoms with Crippen LogP contribution >= 0.6 is 11.8 Å². The van der Waals surface area contributed by atoms with Crippen molar-refractivity contribution in [2.24, 2.45) is 0 Å². The van der Waals surface area contributed by atoms with Crippen molar-refractivity contribution in [3.05, 3.63) is 29.8 Å². The fourth-order valence-corrected chi connectivity index (χ4v) is 1.49. The Morgan fingerprint density at radius 3 is 2.63 bits per heavy atom. The summed E-state index contributed by atoms with van der Waals surface area (Å²) in [6.45, 7) is 4.59. The van der Waals surface area contributed by atoms with E-state index in [0.29, 0.717) is 12.2 Å². The van der Waals surface area contributed by atoms with Gasteiger partial charge in [-0.25, -0.2) is 9.59 Å². The molecular weight excluding hydrogens is 264 g/mol. The van der Waals surface area contributed by atoms with Gasteiger partial charge in [0.05, 0.1) is 5.56 Å². The number of amides is 2. The number of rotatable bonds is 5. The van der Waals surface area contributed by atoms with Gasteiger partial charge in [0.2, 0.25) is 0 Å². The van der Waals surface area contributed by atoms with Gasteiger partial charge in [-0.2, -0.15) is 11.8 Å². The molecule has 0 unspecified atom stereocenters. The standard InChI is InChI=1S/C13H18N2O3S/c1-13(2,19-3)8-14-12(18)15-10-6-4-5-9(7-10)11(16)17/h4-7H,8H2,1-3H3,(H,16,17)(H2,14,15,18). The minimum Gasteiger partial charge on any atom is -0.478 e. The number of hydrogen-bond donors (Lipinski definition) is 3. The van der Waals surface area contributed by atoms with Gasteiger partial charge in [0.25, 0.3) is 0 Å². The molecule has 0 atom stereocenters. The number of aromatic carboxylic acids is 1. The Morgan fingerprint density at radius 2 is 2.05 bits per heavy atom. The molecule has 0 aliphatic carbocycles. The van der Waals surface area contributed by atoms with Crippen LogP contribution in [0, 0.1) is 0 Å². The molecule has 0 aromatic heterocycles.